The van der Waals surface area contributed by atoms with E-state index in [4.69, 9.17) is 10.8 Å². The topological polar surface area (TPSA) is 66.6 Å². The number of nitrogens with zero attached hydrogens (tertiary/aromatic N) is 1. The quantitative estimate of drug-likeness (QED) is 0.829. The van der Waals surface area contributed by atoms with Gasteiger partial charge in [-0.15, -0.1) is 0 Å². The average Bonchev–Trinajstić information content (AvgIpc) is 2.45. The largest absolute Gasteiger partial charge is 0.478 e. The number of anilines is 3. The number of carboxylic acid groups (broad SMARTS) is 1. The zero-order valence-electron chi connectivity index (χ0n) is 12.0. The van der Waals surface area contributed by atoms with Crippen LogP contribution in [-0.2, 0) is 6.42 Å². The molecule has 0 amide bonds. The molecule has 0 aliphatic carbocycles. The third-order valence-corrected chi connectivity index (χ3v) is 3.93. The number of nitrogen functional groups attached to an aromatic ring is 1. The molecule has 0 fully saturated rings. The predicted molar refractivity (Wildman–Crippen MR) is 84.3 cm³/mol. The summed E-state index contributed by atoms with van der Waals surface area (Å²) in [6.45, 7) is 3.01. The Bertz CT molecular complexity index is 710. The fourth-order valence-electron chi connectivity index (χ4n) is 2.91. The summed E-state index contributed by atoms with van der Waals surface area (Å²) in [4.78, 5) is 13.3. The van der Waals surface area contributed by atoms with Crippen LogP contribution in [0.4, 0.5) is 17.1 Å². The minimum absolute atomic E-state index is 0.153. The average molecular weight is 282 g/mol. The van der Waals surface area contributed by atoms with Crippen molar-refractivity contribution in [3.8, 4) is 0 Å². The number of hydrogen-bond acceptors (Lipinski definition) is 3. The van der Waals surface area contributed by atoms with Crippen LogP contribution in [0.2, 0.25) is 0 Å². The van der Waals surface area contributed by atoms with Crippen LogP contribution in [0.15, 0.2) is 36.4 Å². The summed E-state index contributed by atoms with van der Waals surface area (Å²) in [5.74, 6) is -0.992. The SMILES string of the molecule is Cc1ccc2c(c1)CCCN2c1ccc(C(=O)O)c(N)c1. The molecule has 0 aromatic heterocycles. The maximum Gasteiger partial charge on any atom is 0.337 e. The second-order valence-corrected chi connectivity index (χ2v) is 5.46. The Morgan fingerprint density at radius 1 is 1.24 bits per heavy atom. The van der Waals surface area contributed by atoms with Crippen LogP contribution in [-0.4, -0.2) is 17.6 Å². The van der Waals surface area contributed by atoms with Gasteiger partial charge in [0.2, 0.25) is 0 Å². The van der Waals surface area contributed by atoms with E-state index in [-0.39, 0.29) is 5.56 Å². The lowest BCUT2D eigenvalue weighted by atomic mass is 9.98. The van der Waals surface area contributed by atoms with Gasteiger partial charge in [0, 0.05) is 23.6 Å². The third-order valence-electron chi connectivity index (χ3n) is 3.93. The number of hydrogen-bond donors (Lipinski definition) is 2. The number of nitrogens with two attached hydrogens (primary N) is 1. The Balaban J connectivity index is 2.03. The second kappa shape index (κ2) is 5.13. The van der Waals surface area contributed by atoms with Crippen molar-refractivity contribution >= 4 is 23.0 Å². The summed E-state index contributed by atoms with van der Waals surface area (Å²) in [6, 6.07) is 11.6. The van der Waals surface area contributed by atoms with Gasteiger partial charge in [-0.25, -0.2) is 4.79 Å². The second-order valence-electron chi connectivity index (χ2n) is 5.46. The lowest BCUT2D eigenvalue weighted by Gasteiger charge is -2.32. The van der Waals surface area contributed by atoms with Crippen LogP contribution in [0.5, 0.6) is 0 Å². The zero-order chi connectivity index (χ0) is 15.0. The first-order valence-electron chi connectivity index (χ1n) is 7.06. The molecule has 1 aliphatic rings. The molecule has 0 spiro atoms. The standard InChI is InChI=1S/C17H18N2O2/c1-11-4-7-16-12(9-11)3-2-8-19(16)13-5-6-14(17(20)21)15(18)10-13/h4-7,9-10H,2-3,8,18H2,1H3,(H,20,21). The van der Waals surface area contributed by atoms with E-state index in [1.165, 1.54) is 16.8 Å². The molecule has 3 N–H and O–H groups in total. The molecule has 0 saturated carbocycles. The van der Waals surface area contributed by atoms with Crippen molar-refractivity contribution in [3.05, 3.63) is 53.1 Å². The Hall–Kier alpha value is -2.49. The Morgan fingerprint density at radius 2 is 2.05 bits per heavy atom. The zero-order valence-corrected chi connectivity index (χ0v) is 12.0. The Kier molecular flexibility index (Phi) is 3.29. The lowest BCUT2D eigenvalue weighted by molar-refractivity contribution is 0.0698. The van der Waals surface area contributed by atoms with Gasteiger partial charge >= 0.3 is 5.97 Å². The van der Waals surface area contributed by atoms with Crippen LogP contribution >= 0.6 is 0 Å². The van der Waals surface area contributed by atoms with E-state index in [9.17, 15) is 4.79 Å². The number of fused-ring (bicyclic) bond motifs is 1. The monoisotopic (exact) mass is 282 g/mol. The molecule has 0 unspecified atom stereocenters. The molecular weight excluding hydrogens is 264 g/mol. The van der Waals surface area contributed by atoms with Gasteiger partial charge in [0.1, 0.15) is 0 Å². The van der Waals surface area contributed by atoms with Crippen LogP contribution in [0.1, 0.15) is 27.9 Å². The Labute approximate surface area is 123 Å². The molecule has 4 heteroatoms. The first kappa shape index (κ1) is 13.5. The van der Waals surface area contributed by atoms with Crippen molar-refractivity contribution < 1.29 is 9.90 Å². The van der Waals surface area contributed by atoms with Crippen molar-refractivity contribution in [2.45, 2.75) is 19.8 Å². The molecule has 0 saturated heterocycles. The van der Waals surface area contributed by atoms with Crippen molar-refractivity contribution in [1.82, 2.24) is 0 Å². The number of aromatic carboxylic acids is 1. The summed E-state index contributed by atoms with van der Waals surface area (Å²) in [6.07, 6.45) is 2.16. The molecular formula is C17H18N2O2. The van der Waals surface area contributed by atoms with Crippen molar-refractivity contribution in [2.75, 3.05) is 17.2 Å². The highest BCUT2D eigenvalue weighted by Gasteiger charge is 2.19. The summed E-state index contributed by atoms with van der Waals surface area (Å²) in [5.41, 5.74) is 11.1. The van der Waals surface area contributed by atoms with Gasteiger partial charge in [0.25, 0.3) is 0 Å². The van der Waals surface area contributed by atoms with E-state index < -0.39 is 5.97 Å². The predicted octanol–water partition coefficient (Wildman–Crippen LogP) is 3.36. The van der Waals surface area contributed by atoms with Gasteiger partial charge in [0.15, 0.2) is 0 Å². The molecule has 1 heterocycles. The van der Waals surface area contributed by atoms with E-state index in [0.29, 0.717) is 5.69 Å². The van der Waals surface area contributed by atoms with Gasteiger partial charge < -0.3 is 15.7 Å². The molecule has 3 rings (SSSR count). The number of aryl methyl sites for hydroxylation is 2. The van der Waals surface area contributed by atoms with E-state index in [1.54, 1.807) is 12.1 Å². The first-order valence-corrected chi connectivity index (χ1v) is 7.06. The maximum absolute atomic E-state index is 11.1. The van der Waals surface area contributed by atoms with Crippen LogP contribution in [0.25, 0.3) is 0 Å². The maximum atomic E-state index is 11.1. The number of rotatable bonds is 2. The smallest absolute Gasteiger partial charge is 0.337 e. The van der Waals surface area contributed by atoms with Gasteiger partial charge in [-0.1, -0.05) is 17.7 Å². The number of benzene rings is 2. The highest BCUT2D eigenvalue weighted by molar-refractivity contribution is 5.94. The fourth-order valence-corrected chi connectivity index (χ4v) is 2.91. The van der Waals surface area contributed by atoms with E-state index in [1.807, 2.05) is 6.07 Å². The molecule has 108 valence electrons. The minimum atomic E-state index is -0.992. The van der Waals surface area contributed by atoms with E-state index in [2.05, 4.69) is 30.0 Å². The van der Waals surface area contributed by atoms with E-state index in [0.717, 1.165) is 25.1 Å². The number of carboxylic acids is 1. The molecule has 21 heavy (non-hydrogen) atoms. The summed E-state index contributed by atoms with van der Waals surface area (Å²) in [5, 5.41) is 9.06. The summed E-state index contributed by atoms with van der Waals surface area (Å²) >= 11 is 0. The molecule has 0 atom stereocenters. The van der Waals surface area contributed by atoms with Crippen molar-refractivity contribution in [3.63, 3.8) is 0 Å². The normalized spacial score (nSPS) is 13.9. The van der Waals surface area contributed by atoms with Crippen LogP contribution < -0.4 is 10.6 Å². The summed E-state index contributed by atoms with van der Waals surface area (Å²) < 4.78 is 0. The highest BCUT2D eigenvalue weighted by atomic mass is 16.4. The molecule has 0 bridgehead atoms. The van der Waals surface area contributed by atoms with Crippen LogP contribution in [0, 0.1) is 6.92 Å². The van der Waals surface area contributed by atoms with Crippen molar-refractivity contribution in [2.24, 2.45) is 0 Å². The van der Waals surface area contributed by atoms with Crippen molar-refractivity contribution in [1.29, 1.82) is 0 Å². The number of carbonyl (C=O) groups is 1. The molecule has 4 nitrogen and oxygen atoms in total. The fraction of sp³-hybridized carbons (Fsp3) is 0.235. The van der Waals surface area contributed by atoms with Gasteiger partial charge in [0.05, 0.1) is 5.56 Å². The summed E-state index contributed by atoms with van der Waals surface area (Å²) in [7, 11) is 0. The van der Waals surface area contributed by atoms with Gasteiger partial charge in [-0.3, -0.25) is 0 Å². The lowest BCUT2D eigenvalue weighted by Crippen LogP contribution is -2.24. The molecule has 2 aromatic carbocycles. The molecule has 0 radical (unpaired) electrons. The molecule has 1 aliphatic heterocycles. The van der Waals surface area contributed by atoms with Gasteiger partial charge in [-0.05, 0) is 49.6 Å². The molecule has 2 aromatic rings. The first-order chi connectivity index (χ1) is 10.1. The minimum Gasteiger partial charge on any atom is -0.478 e. The highest BCUT2D eigenvalue weighted by Crippen LogP contribution is 2.35. The third kappa shape index (κ3) is 2.44. The Morgan fingerprint density at radius 3 is 2.76 bits per heavy atom. The van der Waals surface area contributed by atoms with E-state index >= 15 is 0 Å². The van der Waals surface area contributed by atoms with Gasteiger partial charge in [-0.2, -0.15) is 0 Å². The van der Waals surface area contributed by atoms with Crippen LogP contribution in [0.3, 0.4) is 0 Å².